The Labute approximate surface area is 189 Å². The summed E-state index contributed by atoms with van der Waals surface area (Å²) >= 11 is 0. The molecule has 5 atom stereocenters. The Morgan fingerprint density at radius 2 is 2.10 bits per heavy atom. The van der Waals surface area contributed by atoms with Crippen LogP contribution in [0.15, 0.2) is 23.8 Å². The fourth-order valence-corrected chi connectivity index (χ4v) is 5.62. The zero-order valence-corrected chi connectivity index (χ0v) is 19.7. The van der Waals surface area contributed by atoms with Crippen LogP contribution >= 0.6 is 0 Å². The Morgan fingerprint density at radius 1 is 1.32 bits per heavy atom. The highest BCUT2D eigenvalue weighted by Gasteiger charge is 2.43. The number of hydrogen-bond donors (Lipinski definition) is 3. The number of nitrogens with one attached hydrogen (secondary N) is 1. The zero-order chi connectivity index (χ0) is 22.3. The third-order valence-corrected chi connectivity index (χ3v) is 7.51. The summed E-state index contributed by atoms with van der Waals surface area (Å²) < 4.78 is 0. The van der Waals surface area contributed by atoms with Crippen LogP contribution in [0, 0.1) is 17.8 Å². The van der Waals surface area contributed by atoms with Gasteiger partial charge in [-0.05, 0) is 63.7 Å². The first-order valence-corrected chi connectivity index (χ1v) is 12.6. The van der Waals surface area contributed by atoms with Gasteiger partial charge in [-0.1, -0.05) is 43.6 Å². The number of hydrogen-bond acceptors (Lipinski definition) is 4. The Balaban J connectivity index is 1.39. The summed E-state index contributed by atoms with van der Waals surface area (Å²) in [6.45, 7) is 7.50. The van der Waals surface area contributed by atoms with Crippen LogP contribution in [0.3, 0.4) is 0 Å². The van der Waals surface area contributed by atoms with Crippen LogP contribution in [-0.2, 0) is 4.79 Å². The van der Waals surface area contributed by atoms with E-state index in [4.69, 9.17) is 0 Å². The Hall–Kier alpha value is -1.17. The fraction of sp³-hybridized carbons (Fsp3) is 0.808. The van der Waals surface area contributed by atoms with Gasteiger partial charge in [-0.2, -0.15) is 0 Å². The van der Waals surface area contributed by atoms with E-state index in [0.29, 0.717) is 24.7 Å². The van der Waals surface area contributed by atoms with E-state index in [9.17, 15) is 15.0 Å². The molecular formula is C26H44N2O3. The van der Waals surface area contributed by atoms with E-state index in [1.807, 2.05) is 11.8 Å². The van der Waals surface area contributed by atoms with Crippen molar-refractivity contribution in [2.75, 3.05) is 26.2 Å². The number of carbonyl (C=O) groups is 1. The van der Waals surface area contributed by atoms with Crippen molar-refractivity contribution in [3.63, 3.8) is 0 Å². The lowest BCUT2D eigenvalue weighted by Gasteiger charge is -2.26. The summed E-state index contributed by atoms with van der Waals surface area (Å²) in [7, 11) is 0. The van der Waals surface area contributed by atoms with E-state index in [1.165, 1.54) is 12.0 Å². The number of likely N-dealkylation sites (tertiary alicyclic amines) is 1. The molecule has 1 saturated heterocycles. The summed E-state index contributed by atoms with van der Waals surface area (Å²) in [5.41, 5.74) is 0.769. The largest absolute Gasteiger partial charge is 0.392 e. The van der Waals surface area contributed by atoms with E-state index in [-0.39, 0.29) is 17.9 Å². The van der Waals surface area contributed by atoms with Crippen LogP contribution in [0.1, 0.15) is 78.1 Å². The highest BCUT2D eigenvalue weighted by molar-refractivity contribution is 5.76. The predicted molar refractivity (Wildman–Crippen MR) is 126 cm³/mol. The lowest BCUT2D eigenvalue weighted by Crippen LogP contribution is -2.37. The van der Waals surface area contributed by atoms with Crippen molar-refractivity contribution >= 4 is 5.91 Å². The van der Waals surface area contributed by atoms with Gasteiger partial charge in [-0.15, -0.1) is 0 Å². The van der Waals surface area contributed by atoms with Crippen LogP contribution in [-0.4, -0.2) is 58.9 Å². The number of amides is 1. The van der Waals surface area contributed by atoms with Crippen molar-refractivity contribution in [3.8, 4) is 0 Å². The first-order chi connectivity index (χ1) is 14.9. The lowest BCUT2D eigenvalue weighted by molar-refractivity contribution is -0.131. The molecule has 1 aliphatic heterocycles. The molecule has 31 heavy (non-hydrogen) atoms. The number of aliphatic hydroxyl groups excluding tert-OH is 1. The van der Waals surface area contributed by atoms with Gasteiger partial charge in [0.2, 0.25) is 5.91 Å². The van der Waals surface area contributed by atoms with Crippen LogP contribution in [0.5, 0.6) is 0 Å². The van der Waals surface area contributed by atoms with E-state index in [0.717, 1.165) is 71.1 Å². The number of fused-ring (bicyclic) bond motifs is 1. The molecule has 0 unspecified atom stereocenters. The van der Waals surface area contributed by atoms with Gasteiger partial charge in [0.05, 0.1) is 11.7 Å². The van der Waals surface area contributed by atoms with Gasteiger partial charge < -0.3 is 20.4 Å². The minimum absolute atomic E-state index is 0.182. The molecule has 3 rings (SSSR count). The van der Waals surface area contributed by atoms with E-state index < -0.39 is 5.60 Å². The van der Waals surface area contributed by atoms with Crippen molar-refractivity contribution in [1.82, 2.24) is 10.2 Å². The molecule has 1 amide bonds. The van der Waals surface area contributed by atoms with E-state index in [2.05, 4.69) is 30.5 Å². The van der Waals surface area contributed by atoms with Crippen LogP contribution < -0.4 is 5.32 Å². The van der Waals surface area contributed by atoms with Crippen LogP contribution in [0.25, 0.3) is 0 Å². The van der Waals surface area contributed by atoms with Gasteiger partial charge in [-0.25, -0.2) is 0 Å². The molecule has 176 valence electrons. The maximum Gasteiger partial charge on any atom is 0.223 e. The molecule has 2 fully saturated rings. The minimum atomic E-state index is -0.649. The highest BCUT2D eigenvalue weighted by atomic mass is 16.3. The smallest absolute Gasteiger partial charge is 0.223 e. The normalized spacial score (nSPS) is 30.5. The maximum atomic E-state index is 12.3. The molecule has 2 aliphatic carbocycles. The van der Waals surface area contributed by atoms with Crippen LogP contribution in [0.4, 0.5) is 0 Å². The molecule has 0 bridgehead atoms. The molecule has 0 spiro atoms. The van der Waals surface area contributed by atoms with Crippen molar-refractivity contribution in [2.45, 2.75) is 89.8 Å². The van der Waals surface area contributed by atoms with Gasteiger partial charge in [0.15, 0.2) is 0 Å². The molecular weight excluding hydrogens is 388 g/mol. The number of aliphatic hydroxyl groups is 2. The average Bonchev–Trinajstić information content (AvgIpc) is 3.27. The van der Waals surface area contributed by atoms with Gasteiger partial charge >= 0.3 is 0 Å². The summed E-state index contributed by atoms with van der Waals surface area (Å²) in [5.74, 6) is 1.39. The first-order valence-electron chi connectivity index (χ1n) is 12.6. The molecule has 1 saturated carbocycles. The van der Waals surface area contributed by atoms with Crippen molar-refractivity contribution in [1.29, 1.82) is 0 Å². The quantitative estimate of drug-likeness (QED) is 0.343. The molecule has 3 aliphatic rings. The third kappa shape index (κ3) is 7.16. The minimum Gasteiger partial charge on any atom is -0.392 e. The van der Waals surface area contributed by atoms with Crippen molar-refractivity contribution < 1.29 is 15.0 Å². The van der Waals surface area contributed by atoms with Gasteiger partial charge in [-0.3, -0.25) is 4.79 Å². The SMILES string of the molecule is CCCC[C@](C)(O)CC=C[C@@H]1[C@H]2CC(CNCCC(=O)N3CCCCC3)=C[C@H]2C[C@H]1O. The second-order valence-electron chi connectivity index (χ2n) is 10.3. The highest BCUT2D eigenvalue weighted by Crippen LogP contribution is 2.47. The lowest BCUT2D eigenvalue weighted by atomic mass is 9.88. The summed E-state index contributed by atoms with van der Waals surface area (Å²) in [4.78, 5) is 14.3. The second kappa shape index (κ2) is 11.6. The number of allylic oxidation sites excluding steroid dienone is 1. The van der Waals surface area contributed by atoms with E-state index in [1.54, 1.807) is 0 Å². The number of nitrogens with zero attached hydrogens (tertiary/aromatic N) is 1. The third-order valence-electron chi connectivity index (χ3n) is 7.51. The summed E-state index contributed by atoms with van der Waals surface area (Å²) in [6.07, 6.45) is 15.9. The van der Waals surface area contributed by atoms with Crippen molar-refractivity contribution in [2.24, 2.45) is 17.8 Å². The molecule has 1 heterocycles. The molecule has 0 aromatic heterocycles. The van der Waals surface area contributed by atoms with E-state index >= 15 is 0 Å². The number of carbonyl (C=O) groups excluding carboxylic acids is 1. The standard InChI is InChI=1S/C26H44N2O3/c1-3-4-11-26(2,31)12-8-9-22-23-17-20(16-21(23)18-24(22)29)19-27-13-10-25(30)28-14-6-5-7-15-28/h8-9,16,21-24,27,29,31H,3-7,10-15,17-19H2,1-2H3/t21-,22+,23-,24+,26-/m0/s1. The van der Waals surface area contributed by atoms with Gasteiger partial charge in [0, 0.05) is 38.5 Å². The molecule has 0 radical (unpaired) electrons. The zero-order valence-electron chi connectivity index (χ0n) is 19.7. The Kier molecular flexibility index (Phi) is 9.18. The molecule has 0 aromatic carbocycles. The molecule has 5 nitrogen and oxygen atoms in total. The molecule has 0 aromatic rings. The maximum absolute atomic E-state index is 12.3. The Morgan fingerprint density at radius 3 is 2.84 bits per heavy atom. The predicted octanol–water partition coefficient (Wildman–Crippen LogP) is 3.81. The topological polar surface area (TPSA) is 72.8 Å². The molecule has 3 N–H and O–H groups in total. The summed E-state index contributed by atoms with van der Waals surface area (Å²) in [6, 6.07) is 0. The van der Waals surface area contributed by atoms with Gasteiger partial charge in [0.25, 0.3) is 0 Å². The monoisotopic (exact) mass is 432 g/mol. The van der Waals surface area contributed by atoms with Gasteiger partial charge in [0.1, 0.15) is 0 Å². The number of piperidine rings is 1. The fourth-order valence-electron chi connectivity index (χ4n) is 5.62. The molecule has 5 heteroatoms. The van der Waals surface area contributed by atoms with Crippen LogP contribution in [0.2, 0.25) is 0 Å². The second-order valence-corrected chi connectivity index (χ2v) is 10.3. The Bertz CT molecular complexity index is 637. The average molecular weight is 433 g/mol. The summed E-state index contributed by atoms with van der Waals surface area (Å²) in [5, 5.41) is 24.5. The van der Waals surface area contributed by atoms with Crippen molar-refractivity contribution in [3.05, 3.63) is 23.8 Å². The first kappa shape index (κ1) is 24.5. The number of rotatable bonds is 11. The number of unbranched alkanes of at least 4 members (excludes halogenated alkanes) is 1.